The standard InChI is InChI=1S/C15H16O4/c1-4-5-10-6-13(17)19-15-8(2)14(18)11(9(3)16)7-12(10)15/h6-7,18H,4-5H2,1-3H3. The summed E-state index contributed by atoms with van der Waals surface area (Å²) in [6.45, 7) is 5.06. The topological polar surface area (TPSA) is 67.5 Å². The van der Waals surface area contributed by atoms with E-state index in [-0.39, 0.29) is 17.1 Å². The van der Waals surface area contributed by atoms with Gasteiger partial charge >= 0.3 is 5.63 Å². The van der Waals surface area contributed by atoms with Gasteiger partial charge in [0.1, 0.15) is 11.3 Å². The first-order chi connectivity index (χ1) is 8.95. The number of hydrogen-bond acceptors (Lipinski definition) is 4. The number of Topliss-reactive ketones (excluding diaryl/α,β-unsaturated/α-hetero) is 1. The summed E-state index contributed by atoms with van der Waals surface area (Å²) >= 11 is 0. The van der Waals surface area contributed by atoms with E-state index in [4.69, 9.17) is 4.42 Å². The second kappa shape index (κ2) is 4.88. The van der Waals surface area contributed by atoms with Crippen LogP contribution in [-0.2, 0) is 6.42 Å². The number of fused-ring (bicyclic) bond motifs is 1. The van der Waals surface area contributed by atoms with Crippen molar-refractivity contribution in [2.75, 3.05) is 0 Å². The van der Waals surface area contributed by atoms with Crippen molar-refractivity contribution in [1.82, 2.24) is 0 Å². The molecule has 4 heteroatoms. The van der Waals surface area contributed by atoms with Crippen molar-refractivity contribution in [1.29, 1.82) is 0 Å². The average molecular weight is 260 g/mol. The molecule has 0 saturated heterocycles. The summed E-state index contributed by atoms with van der Waals surface area (Å²) < 4.78 is 5.17. The lowest BCUT2D eigenvalue weighted by atomic mass is 9.98. The van der Waals surface area contributed by atoms with E-state index >= 15 is 0 Å². The summed E-state index contributed by atoms with van der Waals surface area (Å²) in [4.78, 5) is 23.1. The largest absolute Gasteiger partial charge is 0.507 e. The molecule has 0 amide bonds. The van der Waals surface area contributed by atoms with Gasteiger partial charge in [-0.15, -0.1) is 0 Å². The first kappa shape index (κ1) is 13.3. The zero-order valence-electron chi connectivity index (χ0n) is 11.2. The van der Waals surface area contributed by atoms with Crippen molar-refractivity contribution < 1.29 is 14.3 Å². The number of phenolic OH excluding ortho intramolecular Hbond substituents is 1. The summed E-state index contributed by atoms with van der Waals surface area (Å²) in [5, 5.41) is 10.7. The number of carbonyl (C=O) groups excluding carboxylic acids is 1. The molecule has 2 aromatic rings. The second-order valence-corrected chi connectivity index (χ2v) is 4.67. The summed E-state index contributed by atoms with van der Waals surface area (Å²) in [7, 11) is 0. The van der Waals surface area contributed by atoms with Crippen LogP contribution in [0.15, 0.2) is 21.3 Å². The fraction of sp³-hybridized carbons (Fsp3) is 0.333. The van der Waals surface area contributed by atoms with Gasteiger partial charge in [0, 0.05) is 17.0 Å². The molecule has 0 radical (unpaired) electrons. The van der Waals surface area contributed by atoms with E-state index in [2.05, 4.69) is 0 Å². The van der Waals surface area contributed by atoms with Gasteiger partial charge < -0.3 is 9.52 Å². The van der Waals surface area contributed by atoms with Crippen LogP contribution >= 0.6 is 0 Å². The second-order valence-electron chi connectivity index (χ2n) is 4.67. The normalized spacial score (nSPS) is 10.9. The van der Waals surface area contributed by atoms with Crippen molar-refractivity contribution >= 4 is 16.8 Å². The molecule has 0 bridgehead atoms. The Morgan fingerprint density at radius 3 is 2.63 bits per heavy atom. The van der Waals surface area contributed by atoms with Gasteiger partial charge in [0.25, 0.3) is 0 Å². The summed E-state index contributed by atoms with van der Waals surface area (Å²) in [6, 6.07) is 3.06. The van der Waals surface area contributed by atoms with Crippen molar-refractivity contribution in [3.8, 4) is 5.75 Å². The highest BCUT2D eigenvalue weighted by molar-refractivity contribution is 6.02. The summed E-state index contributed by atoms with van der Waals surface area (Å²) in [5.41, 5.74) is 1.46. The van der Waals surface area contributed by atoms with E-state index in [1.165, 1.54) is 13.0 Å². The van der Waals surface area contributed by atoms with E-state index in [0.29, 0.717) is 11.1 Å². The molecular formula is C15H16O4. The van der Waals surface area contributed by atoms with Gasteiger partial charge in [-0.25, -0.2) is 4.79 Å². The Labute approximate surface area is 110 Å². The minimum Gasteiger partial charge on any atom is -0.507 e. The number of benzene rings is 1. The number of rotatable bonds is 3. The molecule has 4 nitrogen and oxygen atoms in total. The van der Waals surface area contributed by atoms with Gasteiger partial charge in [-0.3, -0.25) is 4.79 Å². The molecule has 0 atom stereocenters. The lowest BCUT2D eigenvalue weighted by Crippen LogP contribution is -2.04. The van der Waals surface area contributed by atoms with E-state index in [1.807, 2.05) is 6.92 Å². The Kier molecular flexibility index (Phi) is 3.42. The molecule has 0 aliphatic carbocycles. The predicted molar refractivity (Wildman–Crippen MR) is 72.9 cm³/mol. The Balaban J connectivity index is 2.91. The molecule has 100 valence electrons. The van der Waals surface area contributed by atoms with Crippen LogP contribution in [0.3, 0.4) is 0 Å². The fourth-order valence-corrected chi connectivity index (χ4v) is 2.25. The SMILES string of the molecule is CCCc1cc(=O)oc2c(C)c(O)c(C(C)=O)cc12. The molecule has 0 spiro atoms. The van der Waals surface area contributed by atoms with Crippen LogP contribution in [0.1, 0.15) is 41.8 Å². The highest BCUT2D eigenvalue weighted by Crippen LogP contribution is 2.32. The van der Waals surface area contributed by atoms with Crippen LogP contribution < -0.4 is 5.63 Å². The molecule has 0 aliphatic heterocycles. The van der Waals surface area contributed by atoms with Crippen LogP contribution in [0.5, 0.6) is 5.75 Å². The highest BCUT2D eigenvalue weighted by atomic mass is 16.4. The minimum atomic E-state index is -0.436. The third kappa shape index (κ3) is 2.26. The van der Waals surface area contributed by atoms with Crippen LogP contribution in [0.4, 0.5) is 0 Å². The average Bonchev–Trinajstić information content (AvgIpc) is 2.34. The van der Waals surface area contributed by atoms with Crippen LogP contribution in [-0.4, -0.2) is 10.9 Å². The molecule has 1 N–H and O–H groups in total. The first-order valence-corrected chi connectivity index (χ1v) is 6.26. The lowest BCUT2D eigenvalue weighted by molar-refractivity contribution is 0.101. The molecule has 0 fully saturated rings. The van der Waals surface area contributed by atoms with Gasteiger partial charge in [0.15, 0.2) is 5.78 Å². The number of aromatic hydroxyl groups is 1. The monoisotopic (exact) mass is 260 g/mol. The molecule has 0 saturated carbocycles. The van der Waals surface area contributed by atoms with Gasteiger partial charge in [0.2, 0.25) is 0 Å². The van der Waals surface area contributed by atoms with Crippen LogP contribution in [0.2, 0.25) is 0 Å². The van der Waals surface area contributed by atoms with Crippen LogP contribution in [0.25, 0.3) is 11.0 Å². The quantitative estimate of drug-likeness (QED) is 0.680. The van der Waals surface area contributed by atoms with Crippen molar-refractivity contribution in [3.05, 3.63) is 39.2 Å². The maximum Gasteiger partial charge on any atom is 0.336 e. The maximum absolute atomic E-state index is 11.5. The predicted octanol–water partition coefficient (Wildman–Crippen LogP) is 2.96. The van der Waals surface area contributed by atoms with Gasteiger partial charge in [-0.2, -0.15) is 0 Å². The lowest BCUT2D eigenvalue weighted by Gasteiger charge is -2.10. The zero-order chi connectivity index (χ0) is 14.2. The van der Waals surface area contributed by atoms with Gasteiger partial charge in [-0.1, -0.05) is 13.3 Å². The van der Waals surface area contributed by atoms with Crippen LogP contribution in [0, 0.1) is 6.92 Å². The minimum absolute atomic E-state index is 0.114. The van der Waals surface area contributed by atoms with E-state index in [1.54, 1.807) is 13.0 Å². The first-order valence-electron chi connectivity index (χ1n) is 6.26. The number of aryl methyl sites for hydroxylation is 2. The number of carbonyl (C=O) groups is 1. The van der Waals surface area contributed by atoms with Gasteiger partial charge in [-0.05, 0) is 31.9 Å². The Hall–Kier alpha value is -2.10. The molecule has 1 heterocycles. The molecule has 0 unspecified atom stereocenters. The maximum atomic E-state index is 11.5. The molecular weight excluding hydrogens is 244 g/mol. The molecule has 0 aliphatic rings. The fourth-order valence-electron chi connectivity index (χ4n) is 2.25. The zero-order valence-corrected chi connectivity index (χ0v) is 11.2. The molecule has 19 heavy (non-hydrogen) atoms. The number of hydrogen-bond donors (Lipinski definition) is 1. The van der Waals surface area contributed by atoms with Crippen molar-refractivity contribution in [2.45, 2.75) is 33.6 Å². The molecule has 1 aromatic carbocycles. The highest BCUT2D eigenvalue weighted by Gasteiger charge is 2.16. The van der Waals surface area contributed by atoms with E-state index < -0.39 is 5.63 Å². The smallest absolute Gasteiger partial charge is 0.336 e. The van der Waals surface area contributed by atoms with Gasteiger partial charge in [0.05, 0.1) is 5.56 Å². The van der Waals surface area contributed by atoms with Crippen molar-refractivity contribution in [3.63, 3.8) is 0 Å². The number of phenols is 1. The summed E-state index contributed by atoms with van der Waals surface area (Å²) in [6.07, 6.45) is 1.61. The Morgan fingerprint density at radius 2 is 2.05 bits per heavy atom. The molecule has 2 rings (SSSR count). The summed E-state index contributed by atoms with van der Waals surface area (Å²) in [5.74, 6) is -0.326. The third-order valence-electron chi connectivity index (χ3n) is 3.22. The Bertz CT molecular complexity index is 710. The Morgan fingerprint density at radius 1 is 1.37 bits per heavy atom. The van der Waals surface area contributed by atoms with Crippen molar-refractivity contribution in [2.24, 2.45) is 0 Å². The molecule has 1 aromatic heterocycles. The van der Waals surface area contributed by atoms with E-state index in [0.717, 1.165) is 23.8 Å². The van der Waals surface area contributed by atoms with E-state index in [9.17, 15) is 14.7 Å². The third-order valence-corrected chi connectivity index (χ3v) is 3.22. The number of ketones is 1.